The number of benzene rings is 2. The first-order chi connectivity index (χ1) is 16.5. The predicted molar refractivity (Wildman–Crippen MR) is 132 cm³/mol. The van der Waals surface area contributed by atoms with Crippen LogP contribution in [0.3, 0.4) is 0 Å². The third kappa shape index (κ3) is 5.73. The van der Waals surface area contributed by atoms with Crippen LogP contribution in [0.15, 0.2) is 48.5 Å². The average molecular weight is 483 g/mol. The third-order valence-electron chi connectivity index (χ3n) is 6.55. The fourth-order valence-corrected chi connectivity index (χ4v) is 5.71. The molecule has 2 aromatic rings. The number of amides is 2. The van der Waals surface area contributed by atoms with Crippen LogP contribution in [-0.2, 0) is 14.3 Å². The van der Waals surface area contributed by atoms with E-state index in [1.165, 1.54) is 34.0 Å². The van der Waals surface area contributed by atoms with Gasteiger partial charge in [-0.15, -0.1) is 0 Å². The van der Waals surface area contributed by atoms with Crippen molar-refractivity contribution in [2.24, 2.45) is 0 Å². The zero-order valence-corrected chi connectivity index (χ0v) is 19.9. The van der Waals surface area contributed by atoms with Gasteiger partial charge in [0.15, 0.2) is 0 Å². The summed E-state index contributed by atoms with van der Waals surface area (Å²) in [6.45, 7) is 0.649. The number of alkyl carbamates (subject to hydrolysis) is 1. The lowest BCUT2D eigenvalue weighted by Crippen LogP contribution is -2.48. The number of carbonyl (C=O) groups excluding carboxylic acids is 2. The molecule has 1 fully saturated rings. The summed E-state index contributed by atoms with van der Waals surface area (Å²) < 4.78 is 5.51. The molecule has 3 N–H and O–H groups in total. The molecule has 2 aliphatic carbocycles. The SMILES string of the molecule is O=C(O)CC1(NC(=O)CSCCNC(=O)OCC2c3ccccc3-c3ccccc32)CCCC1. The first-order valence-electron chi connectivity index (χ1n) is 11.7. The van der Waals surface area contributed by atoms with Crippen molar-refractivity contribution in [3.05, 3.63) is 59.7 Å². The van der Waals surface area contributed by atoms with Crippen LogP contribution in [0.25, 0.3) is 11.1 Å². The summed E-state index contributed by atoms with van der Waals surface area (Å²) in [5.74, 6) is -0.238. The van der Waals surface area contributed by atoms with Crippen LogP contribution in [0.4, 0.5) is 4.79 Å². The van der Waals surface area contributed by atoms with Crippen molar-refractivity contribution >= 4 is 29.7 Å². The summed E-state index contributed by atoms with van der Waals surface area (Å²) in [6.07, 6.45) is 2.78. The van der Waals surface area contributed by atoms with E-state index >= 15 is 0 Å². The minimum atomic E-state index is -0.887. The Morgan fingerprint density at radius 2 is 1.62 bits per heavy atom. The monoisotopic (exact) mass is 482 g/mol. The Morgan fingerprint density at radius 3 is 2.24 bits per heavy atom. The highest BCUT2D eigenvalue weighted by molar-refractivity contribution is 7.99. The molecular formula is C26H30N2O5S. The Balaban J connectivity index is 1.17. The molecule has 2 aliphatic rings. The number of carbonyl (C=O) groups is 3. The van der Waals surface area contributed by atoms with E-state index in [0.29, 0.717) is 25.1 Å². The number of carboxylic acid groups (broad SMARTS) is 1. The van der Waals surface area contributed by atoms with Crippen molar-refractivity contribution in [1.82, 2.24) is 10.6 Å². The second kappa shape index (κ2) is 11.0. The minimum Gasteiger partial charge on any atom is -0.481 e. The second-order valence-electron chi connectivity index (χ2n) is 8.91. The number of rotatable bonds is 10. The number of hydrogen-bond donors (Lipinski definition) is 3. The Bertz CT molecular complexity index is 1010. The van der Waals surface area contributed by atoms with Crippen molar-refractivity contribution in [2.45, 2.75) is 43.6 Å². The summed E-state index contributed by atoms with van der Waals surface area (Å²) in [6, 6.07) is 16.4. The van der Waals surface area contributed by atoms with Crippen LogP contribution in [0.5, 0.6) is 0 Å². The van der Waals surface area contributed by atoms with Crippen molar-refractivity contribution < 1.29 is 24.2 Å². The highest BCUT2D eigenvalue weighted by Gasteiger charge is 2.37. The van der Waals surface area contributed by atoms with Crippen molar-refractivity contribution in [3.8, 4) is 11.1 Å². The van der Waals surface area contributed by atoms with E-state index in [2.05, 4.69) is 34.9 Å². The maximum atomic E-state index is 12.3. The fraction of sp³-hybridized carbons (Fsp3) is 0.423. The molecule has 0 aromatic heterocycles. The van der Waals surface area contributed by atoms with Crippen LogP contribution in [0.1, 0.15) is 49.1 Å². The summed E-state index contributed by atoms with van der Waals surface area (Å²) in [4.78, 5) is 35.7. The van der Waals surface area contributed by atoms with Gasteiger partial charge in [-0.3, -0.25) is 9.59 Å². The zero-order chi connectivity index (χ0) is 24.0. The molecule has 1 saturated carbocycles. The molecule has 0 spiro atoms. The van der Waals surface area contributed by atoms with Crippen LogP contribution in [-0.4, -0.2) is 53.3 Å². The molecule has 0 unspecified atom stereocenters. The first-order valence-corrected chi connectivity index (χ1v) is 12.8. The summed E-state index contributed by atoms with van der Waals surface area (Å²) in [5.41, 5.74) is 4.10. The predicted octanol–water partition coefficient (Wildman–Crippen LogP) is 4.16. The van der Waals surface area contributed by atoms with Crippen molar-refractivity contribution in [2.75, 3.05) is 24.7 Å². The van der Waals surface area contributed by atoms with Crippen LogP contribution in [0, 0.1) is 0 Å². The highest BCUT2D eigenvalue weighted by Crippen LogP contribution is 2.44. The fourth-order valence-electron chi connectivity index (χ4n) is 5.06. The van der Waals surface area contributed by atoms with Gasteiger partial charge in [0.1, 0.15) is 6.61 Å². The molecule has 0 radical (unpaired) electrons. The van der Waals surface area contributed by atoms with Crippen molar-refractivity contribution in [1.29, 1.82) is 0 Å². The molecule has 8 heteroatoms. The van der Waals surface area contributed by atoms with Gasteiger partial charge in [0, 0.05) is 18.2 Å². The zero-order valence-electron chi connectivity index (χ0n) is 19.0. The lowest BCUT2D eigenvalue weighted by molar-refractivity contribution is -0.139. The molecule has 180 valence electrons. The number of aliphatic carboxylic acids is 1. The Labute approximate surface area is 203 Å². The van der Waals surface area contributed by atoms with E-state index in [9.17, 15) is 14.4 Å². The van der Waals surface area contributed by atoms with Gasteiger partial charge in [-0.25, -0.2) is 4.79 Å². The second-order valence-corrected chi connectivity index (χ2v) is 10.0. The minimum absolute atomic E-state index is 0.0185. The van der Waals surface area contributed by atoms with Gasteiger partial charge in [-0.2, -0.15) is 11.8 Å². The number of hydrogen-bond acceptors (Lipinski definition) is 5. The van der Waals surface area contributed by atoms with E-state index in [1.807, 2.05) is 24.3 Å². The molecule has 0 bridgehead atoms. The van der Waals surface area contributed by atoms with Gasteiger partial charge in [0.05, 0.1) is 17.7 Å². The Hall–Kier alpha value is -3.00. The van der Waals surface area contributed by atoms with Gasteiger partial charge in [-0.1, -0.05) is 61.4 Å². The number of nitrogens with one attached hydrogen (secondary N) is 2. The molecular weight excluding hydrogens is 452 g/mol. The van der Waals surface area contributed by atoms with Gasteiger partial charge in [0.2, 0.25) is 5.91 Å². The van der Waals surface area contributed by atoms with Crippen LogP contribution < -0.4 is 10.6 Å². The summed E-state index contributed by atoms with van der Waals surface area (Å²) in [7, 11) is 0. The number of fused-ring (bicyclic) bond motifs is 3. The Morgan fingerprint density at radius 1 is 1.00 bits per heavy atom. The number of thioether (sulfide) groups is 1. The van der Waals surface area contributed by atoms with E-state index in [-0.39, 0.29) is 30.6 Å². The van der Waals surface area contributed by atoms with E-state index < -0.39 is 17.6 Å². The third-order valence-corrected chi connectivity index (χ3v) is 7.51. The maximum Gasteiger partial charge on any atom is 0.407 e. The molecule has 4 rings (SSSR count). The largest absolute Gasteiger partial charge is 0.481 e. The molecule has 7 nitrogen and oxygen atoms in total. The topological polar surface area (TPSA) is 105 Å². The van der Waals surface area contributed by atoms with E-state index in [4.69, 9.17) is 9.84 Å². The highest BCUT2D eigenvalue weighted by atomic mass is 32.2. The molecule has 0 atom stereocenters. The standard InChI is InChI=1S/C26H30N2O5S/c29-23(28-26(15-24(30)31)11-5-6-12-26)17-34-14-13-27-25(32)33-16-22-20-9-3-1-7-18(20)19-8-2-4-10-21(19)22/h1-4,7-10,22H,5-6,11-17H2,(H,27,32)(H,28,29)(H,30,31). The van der Waals surface area contributed by atoms with Crippen LogP contribution >= 0.6 is 11.8 Å². The van der Waals surface area contributed by atoms with Gasteiger partial charge in [-0.05, 0) is 35.1 Å². The molecule has 2 amide bonds. The molecule has 34 heavy (non-hydrogen) atoms. The van der Waals surface area contributed by atoms with E-state index in [1.54, 1.807) is 0 Å². The molecule has 0 saturated heterocycles. The van der Waals surface area contributed by atoms with Crippen LogP contribution in [0.2, 0.25) is 0 Å². The van der Waals surface area contributed by atoms with Gasteiger partial charge >= 0.3 is 12.1 Å². The maximum absolute atomic E-state index is 12.3. The molecule has 0 heterocycles. The number of carboxylic acids is 1. The lowest BCUT2D eigenvalue weighted by atomic mass is 9.93. The Kier molecular flexibility index (Phi) is 7.77. The average Bonchev–Trinajstić information content (AvgIpc) is 3.39. The summed E-state index contributed by atoms with van der Waals surface area (Å²) in [5, 5.41) is 14.8. The van der Waals surface area contributed by atoms with Crippen molar-refractivity contribution in [3.63, 3.8) is 0 Å². The normalized spacial score (nSPS) is 15.9. The molecule has 0 aliphatic heterocycles. The number of ether oxygens (including phenoxy) is 1. The van der Waals surface area contributed by atoms with E-state index in [0.717, 1.165) is 12.8 Å². The first kappa shape index (κ1) is 24.1. The lowest BCUT2D eigenvalue weighted by Gasteiger charge is -2.28. The smallest absolute Gasteiger partial charge is 0.407 e. The molecule has 2 aromatic carbocycles. The van der Waals surface area contributed by atoms with Gasteiger partial charge < -0.3 is 20.5 Å². The van der Waals surface area contributed by atoms with Gasteiger partial charge in [0.25, 0.3) is 0 Å². The summed E-state index contributed by atoms with van der Waals surface area (Å²) >= 11 is 1.40. The quantitative estimate of drug-likeness (QED) is 0.439.